The standard InChI is InChI=1S/C14H19ClN2O/c15-13-8-9-16-10-12(13)14(18)17-11-6-4-2-1-3-5-7-11/h8-11H,1-7H2,(H,17,18). The number of halogens is 1. The van der Waals surface area contributed by atoms with E-state index in [2.05, 4.69) is 10.3 Å². The van der Waals surface area contributed by atoms with Gasteiger partial charge in [0.25, 0.3) is 5.91 Å². The van der Waals surface area contributed by atoms with Crippen LogP contribution in [0.1, 0.15) is 55.3 Å². The lowest BCUT2D eigenvalue weighted by Gasteiger charge is -2.21. The molecular weight excluding hydrogens is 248 g/mol. The molecule has 1 aromatic rings. The van der Waals surface area contributed by atoms with Crippen molar-refractivity contribution in [3.8, 4) is 0 Å². The van der Waals surface area contributed by atoms with Crippen molar-refractivity contribution < 1.29 is 4.79 Å². The van der Waals surface area contributed by atoms with Gasteiger partial charge in [0.15, 0.2) is 0 Å². The molecule has 18 heavy (non-hydrogen) atoms. The normalized spacial score (nSPS) is 17.8. The first-order chi connectivity index (χ1) is 8.77. The predicted molar refractivity (Wildman–Crippen MR) is 72.8 cm³/mol. The van der Waals surface area contributed by atoms with Crippen molar-refractivity contribution in [2.24, 2.45) is 0 Å². The molecule has 1 heterocycles. The fourth-order valence-corrected chi connectivity index (χ4v) is 2.60. The molecule has 98 valence electrons. The molecule has 0 radical (unpaired) electrons. The Morgan fingerprint density at radius 1 is 1.22 bits per heavy atom. The average Bonchev–Trinajstić information content (AvgIpc) is 2.33. The van der Waals surface area contributed by atoms with Gasteiger partial charge in [-0.2, -0.15) is 0 Å². The number of nitrogens with zero attached hydrogens (tertiary/aromatic N) is 1. The molecule has 0 aliphatic heterocycles. The Bertz CT molecular complexity index is 401. The van der Waals surface area contributed by atoms with Crippen LogP contribution in [0.3, 0.4) is 0 Å². The predicted octanol–water partition coefficient (Wildman–Crippen LogP) is 3.58. The van der Waals surface area contributed by atoms with E-state index < -0.39 is 0 Å². The van der Waals surface area contributed by atoms with Gasteiger partial charge in [-0.05, 0) is 18.9 Å². The first-order valence-corrected chi connectivity index (χ1v) is 7.05. The summed E-state index contributed by atoms with van der Waals surface area (Å²) in [7, 11) is 0. The summed E-state index contributed by atoms with van der Waals surface area (Å²) in [5.74, 6) is -0.0985. The molecule has 0 bridgehead atoms. The van der Waals surface area contributed by atoms with Gasteiger partial charge in [0.05, 0.1) is 10.6 Å². The molecule has 1 saturated carbocycles. The molecule has 1 aliphatic rings. The maximum atomic E-state index is 12.1. The zero-order chi connectivity index (χ0) is 12.8. The number of carbonyl (C=O) groups is 1. The molecule has 3 nitrogen and oxygen atoms in total. The van der Waals surface area contributed by atoms with Gasteiger partial charge in [-0.25, -0.2) is 0 Å². The summed E-state index contributed by atoms with van der Waals surface area (Å²) in [6, 6.07) is 1.93. The molecule has 0 aromatic carbocycles. The summed E-state index contributed by atoms with van der Waals surface area (Å²) in [6.45, 7) is 0. The summed E-state index contributed by atoms with van der Waals surface area (Å²) in [5.41, 5.74) is 0.473. The van der Waals surface area contributed by atoms with E-state index in [1.807, 2.05) is 0 Å². The van der Waals surface area contributed by atoms with Crippen LogP contribution in [0, 0.1) is 0 Å². The quantitative estimate of drug-likeness (QED) is 0.889. The Hall–Kier alpha value is -1.09. The van der Waals surface area contributed by atoms with Gasteiger partial charge in [-0.3, -0.25) is 9.78 Å². The van der Waals surface area contributed by atoms with Crippen LogP contribution >= 0.6 is 11.6 Å². The summed E-state index contributed by atoms with van der Waals surface area (Å²) in [5, 5.41) is 3.55. The largest absolute Gasteiger partial charge is 0.349 e. The summed E-state index contributed by atoms with van der Waals surface area (Å²) in [4.78, 5) is 16.0. The van der Waals surface area contributed by atoms with E-state index in [4.69, 9.17) is 11.6 Å². The number of amides is 1. The number of hydrogen-bond donors (Lipinski definition) is 1. The minimum Gasteiger partial charge on any atom is -0.349 e. The Morgan fingerprint density at radius 3 is 2.56 bits per heavy atom. The van der Waals surface area contributed by atoms with Gasteiger partial charge >= 0.3 is 0 Å². The van der Waals surface area contributed by atoms with Gasteiger partial charge in [0, 0.05) is 18.4 Å². The molecule has 0 saturated heterocycles. The zero-order valence-electron chi connectivity index (χ0n) is 10.5. The van der Waals surface area contributed by atoms with Crippen LogP contribution in [-0.4, -0.2) is 16.9 Å². The van der Waals surface area contributed by atoms with Crippen LogP contribution in [0.5, 0.6) is 0 Å². The fourth-order valence-electron chi connectivity index (χ4n) is 2.41. The highest BCUT2D eigenvalue weighted by atomic mass is 35.5. The second-order valence-electron chi connectivity index (χ2n) is 4.87. The highest BCUT2D eigenvalue weighted by molar-refractivity contribution is 6.33. The molecule has 0 spiro atoms. The van der Waals surface area contributed by atoms with E-state index >= 15 is 0 Å². The number of aromatic nitrogens is 1. The Morgan fingerprint density at radius 2 is 1.89 bits per heavy atom. The average molecular weight is 267 g/mol. The first-order valence-electron chi connectivity index (χ1n) is 6.68. The minimum absolute atomic E-state index is 0.0985. The van der Waals surface area contributed by atoms with Crippen molar-refractivity contribution in [3.63, 3.8) is 0 Å². The highest BCUT2D eigenvalue weighted by Gasteiger charge is 2.16. The summed E-state index contributed by atoms with van der Waals surface area (Å²) >= 11 is 5.99. The lowest BCUT2D eigenvalue weighted by Crippen LogP contribution is -2.35. The van der Waals surface area contributed by atoms with Crippen molar-refractivity contribution in [1.82, 2.24) is 10.3 Å². The topological polar surface area (TPSA) is 42.0 Å². The van der Waals surface area contributed by atoms with E-state index in [-0.39, 0.29) is 11.9 Å². The molecule has 1 aliphatic carbocycles. The number of hydrogen-bond acceptors (Lipinski definition) is 2. The monoisotopic (exact) mass is 266 g/mol. The molecule has 1 amide bonds. The number of pyridine rings is 1. The van der Waals surface area contributed by atoms with E-state index in [1.54, 1.807) is 12.3 Å². The molecule has 1 N–H and O–H groups in total. The third-order valence-electron chi connectivity index (χ3n) is 3.45. The second kappa shape index (κ2) is 6.74. The van der Waals surface area contributed by atoms with Crippen molar-refractivity contribution >= 4 is 17.5 Å². The van der Waals surface area contributed by atoms with Crippen molar-refractivity contribution in [3.05, 3.63) is 29.0 Å². The summed E-state index contributed by atoms with van der Waals surface area (Å²) in [6.07, 6.45) is 11.6. The third kappa shape index (κ3) is 3.70. The van der Waals surface area contributed by atoms with Gasteiger partial charge in [-0.15, -0.1) is 0 Å². The molecular formula is C14H19ClN2O. The van der Waals surface area contributed by atoms with Gasteiger partial charge < -0.3 is 5.32 Å². The number of rotatable bonds is 2. The SMILES string of the molecule is O=C(NC1CCCCCCC1)c1cnccc1Cl. The minimum atomic E-state index is -0.0985. The Labute approximate surface area is 113 Å². The molecule has 4 heteroatoms. The molecule has 0 unspecified atom stereocenters. The highest BCUT2D eigenvalue weighted by Crippen LogP contribution is 2.18. The second-order valence-corrected chi connectivity index (χ2v) is 5.28. The maximum absolute atomic E-state index is 12.1. The first kappa shape index (κ1) is 13.3. The maximum Gasteiger partial charge on any atom is 0.254 e. The van der Waals surface area contributed by atoms with Gasteiger partial charge in [0.1, 0.15) is 0 Å². The summed E-state index contributed by atoms with van der Waals surface area (Å²) < 4.78 is 0. The van der Waals surface area contributed by atoms with Crippen molar-refractivity contribution in [2.75, 3.05) is 0 Å². The van der Waals surface area contributed by atoms with Gasteiger partial charge in [-0.1, -0.05) is 43.7 Å². The van der Waals surface area contributed by atoms with Crippen LogP contribution in [0.25, 0.3) is 0 Å². The number of nitrogens with one attached hydrogen (secondary N) is 1. The lowest BCUT2D eigenvalue weighted by molar-refractivity contribution is 0.0930. The van der Waals surface area contributed by atoms with Crippen molar-refractivity contribution in [2.45, 2.75) is 51.0 Å². The van der Waals surface area contributed by atoms with E-state index in [0.717, 1.165) is 12.8 Å². The zero-order valence-corrected chi connectivity index (χ0v) is 11.2. The van der Waals surface area contributed by atoms with E-state index in [0.29, 0.717) is 10.6 Å². The fraction of sp³-hybridized carbons (Fsp3) is 0.571. The molecule has 2 rings (SSSR count). The molecule has 1 fully saturated rings. The lowest BCUT2D eigenvalue weighted by atomic mass is 9.96. The van der Waals surface area contributed by atoms with E-state index in [9.17, 15) is 4.79 Å². The third-order valence-corrected chi connectivity index (χ3v) is 3.78. The van der Waals surface area contributed by atoms with E-state index in [1.165, 1.54) is 38.3 Å². The smallest absolute Gasteiger partial charge is 0.254 e. The Kier molecular flexibility index (Phi) is 5.00. The van der Waals surface area contributed by atoms with Crippen molar-refractivity contribution in [1.29, 1.82) is 0 Å². The molecule has 1 aromatic heterocycles. The van der Waals surface area contributed by atoms with Crippen LogP contribution < -0.4 is 5.32 Å². The van der Waals surface area contributed by atoms with Crippen LogP contribution in [0.2, 0.25) is 5.02 Å². The molecule has 0 atom stereocenters. The number of carbonyl (C=O) groups excluding carboxylic acids is 1. The van der Waals surface area contributed by atoms with Crippen LogP contribution in [-0.2, 0) is 0 Å². The van der Waals surface area contributed by atoms with Crippen LogP contribution in [0.4, 0.5) is 0 Å². The van der Waals surface area contributed by atoms with Gasteiger partial charge in [0.2, 0.25) is 0 Å². The van der Waals surface area contributed by atoms with Crippen LogP contribution in [0.15, 0.2) is 18.5 Å². The Balaban J connectivity index is 1.95.